The molecule has 3 heteroatoms. The summed E-state index contributed by atoms with van der Waals surface area (Å²) in [6, 6.07) is 0. The number of ether oxygens (including phenoxy) is 1. The van der Waals surface area contributed by atoms with Crippen molar-refractivity contribution in [1.29, 1.82) is 0 Å². The highest BCUT2D eigenvalue weighted by Crippen LogP contribution is 2.46. The maximum atomic E-state index is 11.1. The van der Waals surface area contributed by atoms with E-state index >= 15 is 0 Å². The molecule has 2 rings (SSSR count). The first-order valence-electron chi connectivity index (χ1n) is 7.12. The van der Waals surface area contributed by atoms with E-state index in [4.69, 9.17) is 10.5 Å². The molecule has 1 saturated heterocycles. The van der Waals surface area contributed by atoms with Gasteiger partial charge in [0.25, 0.3) is 0 Å². The molecule has 0 amide bonds. The van der Waals surface area contributed by atoms with Crippen LogP contribution in [0.5, 0.6) is 0 Å². The van der Waals surface area contributed by atoms with Crippen LogP contribution in [0.15, 0.2) is 0 Å². The van der Waals surface area contributed by atoms with Crippen molar-refractivity contribution in [1.82, 2.24) is 0 Å². The van der Waals surface area contributed by atoms with Gasteiger partial charge < -0.3 is 15.6 Å². The summed E-state index contributed by atoms with van der Waals surface area (Å²) < 4.78 is 5.62. The molecule has 2 fully saturated rings. The molecule has 0 radical (unpaired) electrons. The summed E-state index contributed by atoms with van der Waals surface area (Å²) in [5, 5.41) is 11.1. The first-order chi connectivity index (χ1) is 8.12. The van der Waals surface area contributed by atoms with Crippen LogP contribution in [-0.2, 0) is 4.74 Å². The van der Waals surface area contributed by atoms with E-state index in [-0.39, 0.29) is 5.41 Å². The lowest BCUT2D eigenvalue weighted by molar-refractivity contribution is -0.150. The fourth-order valence-corrected chi connectivity index (χ4v) is 3.60. The Labute approximate surface area is 105 Å². The molecule has 17 heavy (non-hydrogen) atoms. The lowest BCUT2D eigenvalue weighted by atomic mass is 9.65. The van der Waals surface area contributed by atoms with Crippen LogP contribution in [0, 0.1) is 11.3 Å². The number of rotatable bonds is 2. The predicted octanol–water partition coefficient (Wildman–Crippen LogP) is 2.07. The molecule has 1 aliphatic heterocycles. The largest absolute Gasteiger partial charge is 0.389 e. The van der Waals surface area contributed by atoms with Crippen molar-refractivity contribution in [3.63, 3.8) is 0 Å². The molecule has 3 atom stereocenters. The molecule has 0 aromatic heterocycles. The summed E-state index contributed by atoms with van der Waals surface area (Å²) in [7, 11) is 0. The molecular formula is C14H27NO2. The zero-order chi connectivity index (χ0) is 12.4. The molecule has 1 aliphatic carbocycles. The molecule has 0 bridgehead atoms. The second kappa shape index (κ2) is 5.25. The van der Waals surface area contributed by atoms with Crippen molar-refractivity contribution >= 4 is 0 Å². The molecule has 3 nitrogen and oxygen atoms in total. The van der Waals surface area contributed by atoms with Gasteiger partial charge in [0.2, 0.25) is 0 Å². The summed E-state index contributed by atoms with van der Waals surface area (Å²) in [6.07, 6.45) is 7.34. The molecule has 1 heterocycles. The summed E-state index contributed by atoms with van der Waals surface area (Å²) in [6.45, 7) is 4.32. The van der Waals surface area contributed by atoms with Gasteiger partial charge in [-0.15, -0.1) is 0 Å². The van der Waals surface area contributed by atoms with E-state index in [9.17, 15) is 5.11 Å². The topological polar surface area (TPSA) is 55.5 Å². The third-order valence-corrected chi connectivity index (χ3v) is 5.04. The minimum atomic E-state index is -0.590. The Morgan fingerprint density at radius 3 is 2.71 bits per heavy atom. The van der Waals surface area contributed by atoms with E-state index in [1.807, 2.05) is 0 Å². The Bertz CT molecular complexity index is 251. The summed E-state index contributed by atoms with van der Waals surface area (Å²) >= 11 is 0. The predicted molar refractivity (Wildman–Crippen MR) is 68.7 cm³/mol. The van der Waals surface area contributed by atoms with E-state index in [0.717, 1.165) is 51.0 Å². The van der Waals surface area contributed by atoms with E-state index in [2.05, 4.69) is 6.92 Å². The maximum absolute atomic E-state index is 11.1. The van der Waals surface area contributed by atoms with Gasteiger partial charge in [-0.2, -0.15) is 0 Å². The minimum Gasteiger partial charge on any atom is -0.389 e. The summed E-state index contributed by atoms with van der Waals surface area (Å²) in [5.41, 5.74) is 5.22. The van der Waals surface area contributed by atoms with Crippen LogP contribution in [0.25, 0.3) is 0 Å². The normalized spacial score (nSPS) is 44.3. The van der Waals surface area contributed by atoms with E-state index in [1.165, 1.54) is 6.42 Å². The molecule has 1 saturated carbocycles. The Morgan fingerprint density at radius 1 is 1.24 bits per heavy atom. The van der Waals surface area contributed by atoms with Gasteiger partial charge in [-0.3, -0.25) is 0 Å². The second-order valence-electron chi connectivity index (χ2n) is 6.21. The van der Waals surface area contributed by atoms with Gasteiger partial charge in [0.1, 0.15) is 0 Å². The fraction of sp³-hybridized carbons (Fsp3) is 1.00. The Hall–Kier alpha value is -0.120. The zero-order valence-electron chi connectivity index (χ0n) is 11.1. The molecule has 100 valence electrons. The van der Waals surface area contributed by atoms with Gasteiger partial charge >= 0.3 is 0 Å². The first-order valence-corrected chi connectivity index (χ1v) is 7.12. The highest BCUT2D eigenvalue weighted by atomic mass is 16.5. The zero-order valence-corrected chi connectivity index (χ0v) is 11.1. The van der Waals surface area contributed by atoms with Crippen molar-refractivity contribution in [2.45, 2.75) is 57.5 Å². The Balaban J connectivity index is 2.15. The number of hydrogen-bond donors (Lipinski definition) is 2. The molecule has 3 N–H and O–H groups in total. The molecular weight excluding hydrogens is 214 g/mol. The summed E-state index contributed by atoms with van der Waals surface area (Å²) in [4.78, 5) is 0. The standard InChI is InChI=1S/C14H27NO2/c1-12-4-2-7-14(16,8-5-12)13(10-15)6-3-9-17-11-13/h12,16H,2-11,15H2,1H3. The van der Waals surface area contributed by atoms with E-state index < -0.39 is 5.60 Å². The summed E-state index contributed by atoms with van der Waals surface area (Å²) in [5.74, 6) is 0.739. The van der Waals surface area contributed by atoms with Crippen molar-refractivity contribution < 1.29 is 9.84 Å². The average Bonchev–Trinajstić information content (AvgIpc) is 2.53. The van der Waals surface area contributed by atoms with Crippen molar-refractivity contribution in [3.8, 4) is 0 Å². The minimum absolute atomic E-state index is 0.185. The highest BCUT2D eigenvalue weighted by Gasteiger charge is 2.50. The van der Waals surface area contributed by atoms with Crippen LogP contribution in [-0.4, -0.2) is 30.5 Å². The molecule has 2 aliphatic rings. The van der Waals surface area contributed by atoms with Crippen molar-refractivity contribution in [3.05, 3.63) is 0 Å². The third-order valence-electron chi connectivity index (χ3n) is 5.04. The maximum Gasteiger partial charge on any atom is 0.0738 e. The van der Waals surface area contributed by atoms with Gasteiger partial charge in [0.05, 0.1) is 12.2 Å². The number of hydrogen-bond acceptors (Lipinski definition) is 3. The number of aliphatic hydroxyl groups is 1. The van der Waals surface area contributed by atoms with Crippen LogP contribution in [0.4, 0.5) is 0 Å². The molecule has 0 aromatic rings. The molecule has 0 spiro atoms. The van der Waals surface area contributed by atoms with Gasteiger partial charge in [0, 0.05) is 18.6 Å². The van der Waals surface area contributed by atoms with Crippen LogP contribution >= 0.6 is 0 Å². The van der Waals surface area contributed by atoms with E-state index in [0.29, 0.717) is 13.2 Å². The lowest BCUT2D eigenvalue weighted by Gasteiger charge is -2.48. The Kier molecular flexibility index (Phi) is 4.11. The smallest absolute Gasteiger partial charge is 0.0738 e. The van der Waals surface area contributed by atoms with Crippen LogP contribution < -0.4 is 5.73 Å². The monoisotopic (exact) mass is 241 g/mol. The van der Waals surface area contributed by atoms with E-state index in [1.54, 1.807) is 0 Å². The third kappa shape index (κ3) is 2.51. The van der Waals surface area contributed by atoms with Crippen LogP contribution in [0.1, 0.15) is 51.9 Å². The fourth-order valence-electron chi connectivity index (χ4n) is 3.60. The molecule has 3 unspecified atom stereocenters. The lowest BCUT2D eigenvalue weighted by Crippen LogP contribution is -2.56. The van der Waals surface area contributed by atoms with Gasteiger partial charge in [0.15, 0.2) is 0 Å². The second-order valence-corrected chi connectivity index (χ2v) is 6.21. The van der Waals surface area contributed by atoms with Crippen molar-refractivity contribution in [2.75, 3.05) is 19.8 Å². The number of nitrogens with two attached hydrogens (primary N) is 1. The quantitative estimate of drug-likeness (QED) is 0.728. The van der Waals surface area contributed by atoms with Gasteiger partial charge in [-0.25, -0.2) is 0 Å². The first kappa shape index (κ1) is 13.3. The molecule has 0 aromatic carbocycles. The van der Waals surface area contributed by atoms with Crippen molar-refractivity contribution in [2.24, 2.45) is 17.1 Å². The van der Waals surface area contributed by atoms with Crippen LogP contribution in [0.2, 0.25) is 0 Å². The van der Waals surface area contributed by atoms with Gasteiger partial charge in [-0.05, 0) is 38.0 Å². The van der Waals surface area contributed by atoms with Crippen LogP contribution in [0.3, 0.4) is 0 Å². The SMILES string of the molecule is CC1CCCC(O)(C2(CN)CCCOC2)CC1. The Morgan fingerprint density at radius 2 is 2.06 bits per heavy atom. The van der Waals surface area contributed by atoms with Gasteiger partial charge in [-0.1, -0.05) is 19.8 Å². The average molecular weight is 241 g/mol. The highest BCUT2D eigenvalue weighted by molar-refractivity contribution is 5.01.